The van der Waals surface area contributed by atoms with Crippen molar-refractivity contribution in [3.63, 3.8) is 0 Å². The number of carbonyl (C=O) groups is 1. The second-order valence-corrected chi connectivity index (χ2v) is 9.14. The smallest absolute Gasteiger partial charge is 0.330 e. The van der Waals surface area contributed by atoms with E-state index in [0.29, 0.717) is 31.0 Å². The molecule has 0 atom stereocenters. The summed E-state index contributed by atoms with van der Waals surface area (Å²) in [5.74, 6) is 0.00391. The number of carbonyl (C=O) groups excluding carboxylic acids is 1. The van der Waals surface area contributed by atoms with E-state index in [1.54, 1.807) is 12.1 Å². The van der Waals surface area contributed by atoms with E-state index in [4.69, 9.17) is 5.73 Å². The Bertz CT molecular complexity index is 1250. The molecule has 8 nitrogen and oxygen atoms in total. The number of aromatic amines is 1. The van der Waals surface area contributed by atoms with Crippen molar-refractivity contribution in [2.45, 2.75) is 60.4 Å². The van der Waals surface area contributed by atoms with E-state index in [9.17, 15) is 14.4 Å². The molecule has 3 rings (SSSR count). The van der Waals surface area contributed by atoms with Gasteiger partial charge >= 0.3 is 5.69 Å². The molecule has 1 aromatic carbocycles. The average molecular weight is 466 g/mol. The molecule has 3 N–H and O–H groups in total. The topological polar surface area (TPSA) is 106 Å². The van der Waals surface area contributed by atoms with E-state index in [-0.39, 0.29) is 17.4 Å². The number of hydrogen-bond acceptors (Lipinski definition) is 4. The van der Waals surface area contributed by atoms with Crippen molar-refractivity contribution in [1.29, 1.82) is 0 Å². The average Bonchev–Trinajstić information content (AvgIpc) is 3.13. The Morgan fingerprint density at radius 3 is 2.24 bits per heavy atom. The van der Waals surface area contributed by atoms with Gasteiger partial charge in [0.05, 0.1) is 0 Å². The van der Waals surface area contributed by atoms with Crippen LogP contribution in [0.2, 0.25) is 0 Å². The van der Waals surface area contributed by atoms with Gasteiger partial charge in [-0.05, 0) is 69.0 Å². The summed E-state index contributed by atoms with van der Waals surface area (Å²) in [7, 11) is 0. The van der Waals surface area contributed by atoms with Gasteiger partial charge in [-0.25, -0.2) is 4.79 Å². The SMILES string of the molecule is CCCCn1c(N)c(N(CCC(C)C)C(=O)c2ccc(-n3c(C)ccc3C)cc2)c(=O)[nH]c1=O. The summed E-state index contributed by atoms with van der Waals surface area (Å²) in [6.07, 6.45) is 2.27. The van der Waals surface area contributed by atoms with Gasteiger partial charge in [-0.3, -0.25) is 19.1 Å². The zero-order chi connectivity index (χ0) is 25.0. The molecule has 0 aliphatic heterocycles. The molecule has 0 saturated heterocycles. The van der Waals surface area contributed by atoms with Crippen LogP contribution in [0.5, 0.6) is 0 Å². The van der Waals surface area contributed by atoms with Crippen LogP contribution in [0.15, 0.2) is 46.0 Å². The second kappa shape index (κ2) is 10.6. The normalized spacial score (nSPS) is 11.2. The highest BCUT2D eigenvalue weighted by Gasteiger charge is 2.25. The van der Waals surface area contributed by atoms with Gasteiger partial charge in [-0.1, -0.05) is 27.2 Å². The van der Waals surface area contributed by atoms with Crippen molar-refractivity contribution in [2.75, 3.05) is 17.2 Å². The molecule has 0 saturated carbocycles. The lowest BCUT2D eigenvalue weighted by molar-refractivity contribution is 0.0985. The third-order valence-electron chi connectivity index (χ3n) is 6.04. The van der Waals surface area contributed by atoms with Gasteiger partial charge in [0.15, 0.2) is 5.69 Å². The number of hydrogen-bond donors (Lipinski definition) is 2. The maximum absolute atomic E-state index is 13.6. The van der Waals surface area contributed by atoms with Crippen molar-refractivity contribution in [3.8, 4) is 5.69 Å². The Morgan fingerprint density at radius 2 is 1.68 bits per heavy atom. The number of rotatable bonds is 9. The summed E-state index contributed by atoms with van der Waals surface area (Å²) in [5, 5.41) is 0. The van der Waals surface area contributed by atoms with E-state index >= 15 is 0 Å². The van der Waals surface area contributed by atoms with Gasteiger partial charge in [0, 0.05) is 35.7 Å². The lowest BCUT2D eigenvalue weighted by Crippen LogP contribution is -2.42. The van der Waals surface area contributed by atoms with Crippen LogP contribution in [0.25, 0.3) is 5.69 Å². The Morgan fingerprint density at radius 1 is 1.06 bits per heavy atom. The molecule has 2 heterocycles. The van der Waals surface area contributed by atoms with E-state index in [1.165, 1.54) is 9.47 Å². The predicted octanol–water partition coefficient (Wildman–Crippen LogP) is 4.02. The van der Waals surface area contributed by atoms with Crippen LogP contribution in [-0.4, -0.2) is 26.6 Å². The van der Waals surface area contributed by atoms with E-state index in [2.05, 4.69) is 23.4 Å². The zero-order valence-corrected chi connectivity index (χ0v) is 20.7. The number of nitrogens with zero attached hydrogens (tertiary/aromatic N) is 3. The van der Waals surface area contributed by atoms with Crippen molar-refractivity contribution in [3.05, 3.63) is 74.2 Å². The third kappa shape index (κ3) is 5.16. The summed E-state index contributed by atoms with van der Waals surface area (Å²) in [6, 6.07) is 11.4. The first kappa shape index (κ1) is 25.1. The molecule has 0 unspecified atom stereocenters. The van der Waals surface area contributed by atoms with Gasteiger partial charge in [-0.2, -0.15) is 0 Å². The quantitative estimate of drug-likeness (QED) is 0.498. The fraction of sp³-hybridized carbons (Fsp3) is 0.423. The Balaban J connectivity index is 2.04. The van der Waals surface area contributed by atoms with Crippen LogP contribution < -0.4 is 21.9 Å². The summed E-state index contributed by atoms with van der Waals surface area (Å²) in [4.78, 5) is 42.6. The molecule has 2 aromatic heterocycles. The summed E-state index contributed by atoms with van der Waals surface area (Å²) in [5.41, 5.74) is 8.74. The van der Waals surface area contributed by atoms with Crippen molar-refractivity contribution in [2.24, 2.45) is 5.92 Å². The molecule has 0 bridgehead atoms. The van der Waals surface area contributed by atoms with Gasteiger partial charge in [0.2, 0.25) is 0 Å². The second-order valence-electron chi connectivity index (χ2n) is 9.14. The Labute approximate surface area is 200 Å². The highest BCUT2D eigenvalue weighted by atomic mass is 16.2. The Kier molecular flexibility index (Phi) is 7.81. The van der Waals surface area contributed by atoms with Crippen LogP contribution >= 0.6 is 0 Å². The fourth-order valence-corrected chi connectivity index (χ4v) is 4.06. The number of nitrogens with two attached hydrogens (primary N) is 1. The molecule has 182 valence electrons. The summed E-state index contributed by atoms with van der Waals surface area (Å²) in [6.45, 7) is 10.9. The number of H-pyrrole nitrogens is 1. The number of benzene rings is 1. The van der Waals surface area contributed by atoms with Crippen molar-refractivity contribution in [1.82, 2.24) is 14.1 Å². The minimum Gasteiger partial charge on any atom is -0.383 e. The van der Waals surface area contributed by atoms with Crippen molar-refractivity contribution < 1.29 is 4.79 Å². The lowest BCUT2D eigenvalue weighted by atomic mass is 10.1. The fourth-order valence-electron chi connectivity index (χ4n) is 4.06. The monoisotopic (exact) mass is 465 g/mol. The van der Waals surface area contributed by atoms with Gasteiger partial charge < -0.3 is 15.2 Å². The molecule has 0 spiro atoms. The highest BCUT2D eigenvalue weighted by molar-refractivity contribution is 6.07. The molecule has 0 aliphatic carbocycles. The summed E-state index contributed by atoms with van der Waals surface area (Å²) >= 11 is 0. The van der Waals surface area contributed by atoms with Crippen LogP contribution in [0.4, 0.5) is 11.5 Å². The molecule has 1 amide bonds. The van der Waals surface area contributed by atoms with Gasteiger partial charge in [-0.15, -0.1) is 0 Å². The van der Waals surface area contributed by atoms with Crippen LogP contribution in [0, 0.1) is 19.8 Å². The predicted molar refractivity (Wildman–Crippen MR) is 137 cm³/mol. The molecule has 0 fully saturated rings. The number of unbranched alkanes of at least 4 members (excludes halogenated alkanes) is 1. The molecular formula is C26H35N5O3. The third-order valence-corrected chi connectivity index (χ3v) is 6.04. The first-order valence-electron chi connectivity index (χ1n) is 11.9. The first-order valence-corrected chi connectivity index (χ1v) is 11.9. The zero-order valence-electron chi connectivity index (χ0n) is 20.7. The van der Waals surface area contributed by atoms with Gasteiger partial charge in [0.25, 0.3) is 11.5 Å². The molecular weight excluding hydrogens is 430 g/mol. The largest absolute Gasteiger partial charge is 0.383 e. The highest BCUT2D eigenvalue weighted by Crippen LogP contribution is 2.23. The maximum Gasteiger partial charge on any atom is 0.330 e. The van der Waals surface area contributed by atoms with E-state index in [0.717, 1.165) is 29.9 Å². The number of aromatic nitrogens is 3. The molecule has 3 aromatic rings. The maximum atomic E-state index is 13.6. The number of aryl methyl sites for hydroxylation is 2. The Hall–Kier alpha value is -3.55. The van der Waals surface area contributed by atoms with Crippen LogP contribution in [0.3, 0.4) is 0 Å². The molecule has 34 heavy (non-hydrogen) atoms. The van der Waals surface area contributed by atoms with Crippen LogP contribution in [-0.2, 0) is 6.54 Å². The molecule has 8 heteroatoms. The number of nitrogens with one attached hydrogen (secondary N) is 1. The molecule has 0 aliphatic rings. The number of amides is 1. The first-order chi connectivity index (χ1) is 16.1. The van der Waals surface area contributed by atoms with Gasteiger partial charge in [0.1, 0.15) is 5.82 Å². The van der Waals surface area contributed by atoms with E-state index < -0.39 is 11.2 Å². The van der Waals surface area contributed by atoms with Crippen LogP contribution in [0.1, 0.15) is 61.8 Å². The summed E-state index contributed by atoms with van der Waals surface area (Å²) < 4.78 is 3.45. The van der Waals surface area contributed by atoms with E-state index in [1.807, 2.05) is 45.0 Å². The van der Waals surface area contributed by atoms with Crippen molar-refractivity contribution >= 4 is 17.4 Å². The number of anilines is 2. The number of nitrogen functional groups attached to an aromatic ring is 1. The standard InChI is InChI=1S/C26H35N5O3/c1-6-7-15-30-23(27)22(24(32)28-26(30)34)29(16-14-17(2)3)25(33)20-10-12-21(13-11-20)31-18(4)8-9-19(31)5/h8-13,17H,6-7,14-16,27H2,1-5H3,(H,28,32,34). The lowest BCUT2D eigenvalue weighted by Gasteiger charge is -2.25. The molecule has 0 radical (unpaired) electrons. The minimum absolute atomic E-state index is 0.0227. The minimum atomic E-state index is -0.650.